The van der Waals surface area contributed by atoms with Crippen LogP contribution in [0.15, 0.2) is 54.6 Å². The highest BCUT2D eigenvalue weighted by atomic mass is 32.2. The minimum atomic E-state index is -0.0398. The highest BCUT2D eigenvalue weighted by Gasteiger charge is 2.11. The Morgan fingerprint density at radius 1 is 1.07 bits per heavy atom. The fourth-order valence-electron chi connectivity index (χ4n) is 2.74. The molecule has 29 heavy (non-hydrogen) atoms. The van der Waals surface area contributed by atoms with Gasteiger partial charge in [0.15, 0.2) is 0 Å². The van der Waals surface area contributed by atoms with Crippen LogP contribution in [0.1, 0.15) is 29.9 Å². The molecule has 4 N–H and O–H groups in total. The van der Waals surface area contributed by atoms with E-state index in [9.17, 15) is 4.79 Å². The summed E-state index contributed by atoms with van der Waals surface area (Å²) in [4.78, 5) is 24.9. The monoisotopic (exact) mass is 408 g/mol. The van der Waals surface area contributed by atoms with Crippen molar-refractivity contribution in [2.24, 2.45) is 0 Å². The standard InChI is InChI=1S/C21H24N6OS/c1-14-8-6-7-11-17(14)24-21-26-18(25-20(22)27-21)12-29-13-19(28)23-15(2)16-9-4-3-5-10-16/h3-11,15H,12-13H2,1-2H3,(H,23,28)(H3,22,24,25,26,27)/t15-/m1/s1. The molecule has 0 saturated carbocycles. The Bertz CT molecular complexity index is 966. The Balaban J connectivity index is 1.53. The van der Waals surface area contributed by atoms with Gasteiger partial charge in [-0.3, -0.25) is 4.79 Å². The van der Waals surface area contributed by atoms with Gasteiger partial charge in [0.1, 0.15) is 5.82 Å². The van der Waals surface area contributed by atoms with Crippen molar-refractivity contribution in [3.05, 3.63) is 71.5 Å². The molecule has 1 amide bonds. The zero-order valence-corrected chi connectivity index (χ0v) is 17.2. The molecule has 1 heterocycles. The second-order valence-electron chi connectivity index (χ2n) is 6.57. The van der Waals surface area contributed by atoms with E-state index >= 15 is 0 Å². The van der Waals surface area contributed by atoms with E-state index in [-0.39, 0.29) is 17.9 Å². The molecule has 0 saturated heterocycles. The number of amides is 1. The largest absolute Gasteiger partial charge is 0.368 e. The highest BCUT2D eigenvalue weighted by molar-refractivity contribution is 7.99. The topological polar surface area (TPSA) is 106 Å². The van der Waals surface area contributed by atoms with Gasteiger partial charge in [0.2, 0.25) is 17.8 Å². The number of nitrogens with two attached hydrogens (primary N) is 1. The Hall–Kier alpha value is -3.13. The molecule has 3 rings (SSSR count). The molecule has 8 heteroatoms. The van der Waals surface area contributed by atoms with Gasteiger partial charge in [-0.2, -0.15) is 15.0 Å². The summed E-state index contributed by atoms with van der Waals surface area (Å²) in [6, 6.07) is 17.7. The van der Waals surface area contributed by atoms with Crippen LogP contribution in [0.5, 0.6) is 0 Å². The van der Waals surface area contributed by atoms with Crippen LogP contribution >= 0.6 is 11.8 Å². The molecule has 2 aromatic carbocycles. The van der Waals surface area contributed by atoms with E-state index in [1.807, 2.05) is 68.4 Å². The van der Waals surface area contributed by atoms with E-state index in [2.05, 4.69) is 25.6 Å². The molecule has 0 aliphatic rings. The number of nitrogens with one attached hydrogen (secondary N) is 2. The smallest absolute Gasteiger partial charge is 0.232 e. The molecule has 1 aromatic heterocycles. The summed E-state index contributed by atoms with van der Waals surface area (Å²) in [6.45, 7) is 3.97. The molecule has 0 spiro atoms. The van der Waals surface area contributed by atoms with Gasteiger partial charge in [0.05, 0.1) is 17.5 Å². The SMILES string of the molecule is Cc1ccccc1Nc1nc(N)nc(CSCC(=O)N[C@H](C)c2ccccc2)n1. The maximum atomic E-state index is 12.2. The maximum Gasteiger partial charge on any atom is 0.232 e. The summed E-state index contributed by atoms with van der Waals surface area (Å²) in [5.41, 5.74) is 8.88. The number of para-hydroxylation sites is 1. The second kappa shape index (κ2) is 9.88. The lowest BCUT2D eigenvalue weighted by Gasteiger charge is -2.14. The maximum absolute atomic E-state index is 12.2. The van der Waals surface area contributed by atoms with E-state index < -0.39 is 0 Å². The van der Waals surface area contributed by atoms with Crippen LogP contribution in [0.3, 0.4) is 0 Å². The number of nitrogen functional groups attached to an aromatic ring is 1. The summed E-state index contributed by atoms with van der Waals surface area (Å²) in [7, 11) is 0. The lowest BCUT2D eigenvalue weighted by atomic mass is 10.1. The summed E-state index contributed by atoms with van der Waals surface area (Å²) < 4.78 is 0. The van der Waals surface area contributed by atoms with Gasteiger partial charge < -0.3 is 16.4 Å². The molecule has 0 radical (unpaired) electrons. The normalized spacial score (nSPS) is 11.7. The number of nitrogens with zero attached hydrogens (tertiary/aromatic N) is 3. The number of benzene rings is 2. The lowest BCUT2D eigenvalue weighted by Crippen LogP contribution is -2.28. The van der Waals surface area contributed by atoms with Gasteiger partial charge in [0.25, 0.3) is 0 Å². The zero-order chi connectivity index (χ0) is 20.6. The van der Waals surface area contributed by atoms with Crippen LogP contribution in [0.2, 0.25) is 0 Å². The van der Waals surface area contributed by atoms with Gasteiger partial charge in [-0.1, -0.05) is 48.5 Å². The zero-order valence-electron chi connectivity index (χ0n) is 16.4. The number of rotatable bonds is 8. The molecule has 0 aliphatic heterocycles. The molecule has 0 unspecified atom stereocenters. The van der Waals surface area contributed by atoms with Gasteiger partial charge in [-0.15, -0.1) is 11.8 Å². The molecule has 3 aromatic rings. The van der Waals surface area contributed by atoms with Crippen LogP contribution in [-0.2, 0) is 10.5 Å². The number of anilines is 3. The van der Waals surface area contributed by atoms with Crippen molar-refractivity contribution in [3.8, 4) is 0 Å². The van der Waals surface area contributed by atoms with Gasteiger partial charge in [-0.05, 0) is 31.0 Å². The van der Waals surface area contributed by atoms with E-state index in [1.165, 1.54) is 11.8 Å². The average molecular weight is 409 g/mol. The minimum absolute atomic E-state index is 0.0355. The minimum Gasteiger partial charge on any atom is -0.368 e. The number of thioether (sulfide) groups is 1. The van der Waals surface area contributed by atoms with Crippen molar-refractivity contribution in [3.63, 3.8) is 0 Å². The Kier molecular flexibility index (Phi) is 7.02. The Morgan fingerprint density at radius 3 is 2.55 bits per heavy atom. The van der Waals surface area contributed by atoms with Gasteiger partial charge >= 0.3 is 0 Å². The van der Waals surface area contributed by atoms with Crippen molar-refractivity contribution in [1.82, 2.24) is 20.3 Å². The first-order chi connectivity index (χ1) is 14.0. The van der Waals surface area contributed by atoms with Crippen LogP contribution in [-0.4, -0.2) is 26.6 Å². The lowest BCUT2D eigenvalue weighted by molar-refractivity contribution is -0.119. The summed E-state index contributed by atoms with van der Waals surface area (Å²) in [6.07, 6.45) is 0. The van der Waals surface area contributed by atoms with E-state index in [0.29, 0.717) is 23.3 Å². The molecule has 0 bridgehead atoms. The second-order valence-corrected chi connectivity index (χ2v) is 7.55. The van der Waals surface area contributed by atoms with Crippen LogP contribution in [0, 0.1) is 6.92 Å². The third kappa shape index (κ3) is 6.18. The fourth-order valence-corrected chi connectivity index (χ4v) is 3.42. The van der Waals surface area contributed by atoms with Crippen molar-refractivity contribution in [1.29, 1.82) is 0 Å². The molecule has 1 atom stereocenters. The quantitative estimate of drug-likeness (QED) is 0.523. The van der Waals surface area contributed by atoms with E-state index in [4.69, 9.17) is 5.73 Å². The van der Waals surface area contributed by atoms with Crippen LogP contribution in [0.4, 0.5) is 17.6 Å². The number of hydrogen-bond acceptors (Lipinski definition) is 7. The van der Waals surface area contributed by atoms with Crippen molar-refractivity contribution in [2.75, 3.05) is 16.8 Å². The Labute approximate surface area is 174 Å². The highest BCUT2D eigenvalue weighted by Crippen LogP contribution is 2.19. The summed E-state index contributed by atoms with van der Waals surface area (Å²) in [5.74, 6) is 1.80. The molecule has 150 valence electrons. The molecular formula is C21H24N6OS. The average Bonchev–Trinajstić information content (AvgIpc) is 2.70. The van der Waals surface area contributed by atoms with Crippen molar-refractivity contribution >= 4 is 35.3 Å². The summed E-state index contributed by atoms with van der Waals surface area (Å²) in [5, 5.41) is 6.16. The van der Waals surface area contributed by atoms with E-state index in [1.54, 1.807) is 0 Å². The third-order valence-corrected chi connectivity index (χ3v) is 5.16. The van der Waals surface area contributed by atoms with Gasteiger partial charge in [0, 0.05) is 5.69 Å². The molecular weight excluding hydrogens is 384 g/mol. The Morgan fingerprint density at radius 2 is 1.79 bits per heavy atom. The number of carbonyl (C=O) groups excluding carboxylic acids is 1. The fraction of sp³-hybridized carbons (Fsp3) is 0.238. The third-order valence-electron chi connectivity index (χ3n) is 4.23. The van der Waals surface area contributed by atoms with Crippen LogP contribution < -0.4 is 16.4 Å². The first kappa shape index (κ1) is 20.6. The van der Waals surface area contributed by atoms with Crippen LogP contribution in [0.25, 0.3) is 0 Å². The predicted molar refractivity (Wildman–Crippen MR) is 118 cm³/mol. The van der Waals surface area contributed by atoms with Crippen molar-refractivity contribution < 1.29 is 4.79 Å². The number of hydrogen-bond donors (Lipinski definition) is 3. The first-order valence-electron chi connectivity index (χ1n) is 9.26. The molecule has 0 aliphatic carbocycles. The van der Waals surface area contributed by atoms with E-state index in [0.717, 1.165) is 16.8 Å². The summed E-state index contributed by atoms with van der Waals surface area (Å²) >= 11 is 1.43. The number of carbonyl (C=O) groups is 1. The molecule has 7 nitrogen and oxygen atoms in total. The van der Waals surface area contributed by atoms with Crippen molar-refractivity contribution in [2.45, 2.75) is 25.6 Å². The van der Waals surface area contributed by atoms with Gasteiger partial charge in [-0.25, -0.2) is 0 Å². The predicted octanol–water partition coefficient (Wildman–Crippen LogP) is 3.62. The molecule has 0 fully saturated rings. The number of aryl methyl sites for hydroxylation is 1. The first-order valence-corrected chi connectivity index (χ1v) is 10.4. The number of aromatic nitrogens is 3.